The average molecular weight is 407 g/mol. The van der Waals surface area contributed by atoms with Gasteiger partial charge >= 0.3 is 0 Å². The van der Waals surface area contributed by atoms with Crippen LogP contribution in [0.4, 0.5) is 0 Å². The van der Waals surface area contributed by atoms with E-state index in [1.54, 1.807) is 20.1 Å². The number of carbonyl (C=O) groups excluding carboxylic acids is 1. The lowest BCUT2D eigenvalue weighted by molar-refractivity contribution is 0.101. The fourth-order valence-corrected chi connectivity index (χ4v) is 4.24. The molecule has 0 atom stereocenters. The predicted octanol–water partition coefficient (Wildman–Crippen LogP) is 6.82. The monoisotopic (exact) mass is 406 g/mol. The van der Waals surface area contributed by atoms with Crippen molar-refractivity contribution in [1.82, 2.24) is 9.97 Å². The first-order chi connectivity index (χ1) is 13.9. The zero-order chi connectivity index (χ0) is 20.7. The van der Waals surface area contributed by atoms with Gasteiger partial charge in [-0.1, -0.05) is 37.6 Å². The van der Waals surface area contributed by atoms with Crippen LogP contribution in [0.5, 0.6) is 5.75 Å². The van der Waals surface area contributed by atoms with E-state index in [1.165, 1.54) is 0 Å². The molecule has 2 aromatic carbocycles. The molecular weight excluding hydrogens is 384 g/mol. The van der Waals surface area contributed by atoms with Gasteiger partial charge in [-0.05, 0) is 41.8 Å². The van der Waals surface area contributed by atoms with E-state index in [1.807, 2.05) is 30.5 Å². The molecule has 0 aliphatic heterocycles. The van der Waals surface area contributed by atoms with E-state index in [2.05, 4.69) is 35.9 Å². The molecule has 0 aliphatic carbocycles. The lowest BCUT2D eigenvalue weighted by Gasteiger charge is -2.14. The van der Waals surface area contributed by atoms with Gasteiger partial charge in [0.2, 0.25) is 0 Å². The number of halogens is 1. The molecule has 0 aliphatic rings. The van der Waals surface area contributed by atoms with Crippen LogP contribution in [0.3, 0.4) is 0 Å². The molecule has 5 heteroatoms. The summed E-state index contributed by atoms with van der Waals surface area (Å²) < 4.78 is 5.29. The first kappa shape index (κ1) is 19.3. The second-order valence-electron chi connectivity index (χ2n) is 7.46. The van der Waals surface area contributed by atoms with Crippen LogP contribution >= 0.6 is 11.6 Å². The van der Waals surface area contributed by atoms with Crippen molar-refractivity contribution in [3.8, 4) is 28.1 Å². The maximum absolute atomic E-state index is 12.6. The van der Waals surface area contributed by atoms with Gasteiger partial charge in [-0.25, -0.2) is 0 Å². The number of nitrogens with one attached hydrogen (secondary N) is 2. The van der Waals surface area contributed by atoms with Crippen LogP contribution in [0.25, 0.3) is 33.3 Å². The molecule has 0 amide bonds. The van der Waals surface area contributed by atoms with Crippen molar-refractivity contribution < 1.29 is 9.53 Å². The number of Topliss-reactive ketones (excluding diaryl/α,β-unsaturated/α-hetero) is 1. The predicted molar refractivity (Wildman–Crippen MR) is 119 cm³/mol. The van der Waals surface area contributed by atoms with Crippen LogP contribution < -0.4 is 4.74 Å². The topological polar surface area (TPSA) is 57.9 Å². The van der Waals surface area contributed by atoms with Gasteiger partial charge < -0.3 is 14.7 Å². The number of ketones is 1. The van der Waals surface area contributed by atoms with Gasteiger partial charge in [-0.2, -0.15) is 0 Å². The molecule has 2 aromatic heterocycles. The van der Waals surface area contributed by atoms with Crippen molar-refractivity contribution in [2.45, 2.75) is 26.7 Å². The summed E-state index contributed by atoms with van der Waals surface area (Å²) in [6.07, 6.45) is 1.93. The van der Waals surface area contributed by atoms with E-state index in [0.717, 1.165) is 38.9 Å². The Morgan fingerprint density at radius 2 is 1.90 bits per heavy atom. The quantitative estimate of drug-likeness (QED) is 0.357. The highest BCUT2D eigenvalue weighted by Gasteiger charge is 2.26. The van der Waals surface area contributed by atoms with Gasteiger partial charge in [0.25, 0.3) is 0 Å². The molecule has 2 heterocycles. The summed E-state index contributed by atoms with van der Waals surface area (Å²) in [4.78, 5) is 19.3. The molecule has 0 radical (unpaired) electrons. The van der Waals surface area contributed by atoms with Crippen LogP contribution in [0.1, 0.15) is 42.7 Å². The first-order valence-corrected chi connectivity index (χ1v) is 9.97. The number of benzene rings is 2. The van der Waals surface area contributed by atoms with Crippen molar-refractivity contribution >= 4 is 28.3 Å². The standard InChI is InChI=1S/C24H23ClN2O2/c1-13(2)21-22(18-9-8-15(29-4)12-19(18)25)23(14(3)28)27-24(21)17-6-5-7-20-16(17)10-11-26-20/h5-13,26-27H,1-4H3. The molecule has 0 unspecified atom stereocenters. The number of aromatic amines is 2. The highest BCUT2D eigenvalue weighted by molar-refractivity contribution is 6.34. The van der Waals surface area contributed by atoms with E-state index < -0.39 is 0 Å². The average Bonchev–Trinajstić information content (AvgIpc) is 3.32. The molecule has 0 bridgehead atoms. The highest BCUT2D eigenvalue weighted by atomic mass is 35.5. The highest BCUT2D eigenvalue weighted by Crippen LogP contribution is 2.44. The summed E-state index contributed by atoms with van der Waals surface area (Å²) in [5.74, 6) is 0.833. The van der Waals surface area contributed by atoms with E-state index in [-0.39, 0.29) is 11.7 Å². The second kappa shape index (κ2) is 7.45. The molecule has 0 spiro atoms. The Balaban J connectivity index is 2.06. The molecule has 0 saturated heterocycles. The molecule has 4 rings (SSSR count). The van der Waals surface area contributed by atoms with Gasteiger partial charge in [0.05, 0.1) is 23.5 Å². The lowest BCUT2D eigenvalue weighted by Crippen LogP contribution is -1.98. The van der Waals surface area contributed by atoms with Crippen molar-refractivity contribution in [1.29, 1.82) is 0 Å². The molecule has 148 valence electrons. The molecule has 0 fully saturated rings. The van der Waals surface area contributed by atoms with Crippen LogP contribution in [0, 0.1) is 0 Å². The van der Waals surface area contributed by atoms with Crippen molar-refractivity contribution in [2.24, 2.45) is 0 Å². The Labute approximate surface area is 174 Å². The van der Waals surface area contributed by atoms with Crippen LogP contribution in [0.15, 0.2) is 48.7 Å². The van der Waals surface area contributed by atoms with E-state index in [0.29, 0.717) is 16.5 Å². The smallest absolute Gasteiger partial charge is 0.176 e. The van der Waals surface area contributed by atoms with Crippen LogP contribution in [0.2, 0.25) is 5.02 Å². The fraction of sp³-hybridized carbons (Fsp3) is 0.208. The Bertz CT molecular complexity index is 1220. The molecule has 0 saturated carbocycles. The third-order valence-corrected chi connectivity index (χ3v) is 5.59. The van der Waals surface area contributed by atoms with Crippen molar-refractivity contribution in [3.63, 3.8) is 0 Å². The summed E-state index contributed by atoms with van der Waals surface area (Å²) in [5.41, 5.74) is 6.41. The SMILES string of the molecule is COc1ccc(-c2c(C(C)=O)[nH]c(-c3cccc4[nH]ccc34)c2C(C)C)c(Cl)c1. The first-order valence-electron chi connectivity index (χ1n) is 9.59. The summed E-state index contributed by atoms with van der Waals surface area (Å²) in [6, 6.07) is 13.8. The number of ether oxygens (including phenoxy) is 1. The number of methoxy groups -OCH3 is 1. The Hall–Kier alpha value is -2.98. The number of aromatic nitrogens is 2. The molecule has 4 nitrogen and oxygen atoms in total. The molecule has 2 N–H and O–H groups in total. The third kappa shape index (κ3) is 3.23. The second-order valence-corrected chi connectivity index (χ2v) is 7.87. The van der Waals surface area contributed by atoms with Gasteiger partial charge in [-0.3, -0.25) is 4.79 Å². The van der Waals surface area contributed by atoms with Gasteiger partial charge in [-0.15, -0.1) is 0 Å². The summed E-state index contributed by atoms with van der Waals surface area (Å²) in [5, 5.41) is 1.66. The van der Waals surface area contributed by atoms with Crippen molar-refractivity contribution in [2.75, 3.05) is 7.11 Å². The maximum atomic E-state index is 12.6. The number of hydrogen-bond acceptors (Lipinski definition) is 2. The Morgan fingerprint density at radius 3 is 2.55 bits per heavy atom. The summed E-state index contributed by atoms with van der Waals surface area (Å²) in [7, 11) is 1.61. The number of carbonyl (C=O) groups is 1. The minimum atomic E-state index is -0.0266. The lowest BCUT2D eigenvalue weighted by atomic mass is 9.89. The minimum absolute atomic E-state index is 0.0266. The Kier molecular flexibility index (Phi) is 4.97. The fourth-order valence-electron chi connectivity index (χ4n) is 3.98. The van der Waals surface area contributed by atoms with E-state index in [9.17, 15) is 4.79 Å². The number of fused-ring (bicyclic) bond motifs is 1. The van der Waals surface area contributed by atoms with Gasteiger partial charge in [0.1, 0.15) is 5.75 Å². The van der Waals surface area contributed by atoms with Crippen LogP contribution in [-0.2, 0) is 0 Å². The normalized spacial score (nSPS) is 11.4. The van der Waals surface area contributed by atoms with E-state index >= 15 is 0 Å². The summed E-state index contributed by atoms with van der Waals surface area (Å²) >= 11 is 6.62. The number of hydrogen-bond donors (Lipinski definition) is 2. The maximum Gasteiger partial charge on any atom is 0.176 e. The Morgan fingerprint density at radius 1 is 1.10 bits per heavy atom. The molecular formula is C24H23ClN2O2. The number of rotatable bonds is 5. The summed E-state index contributed by atoms with van der Waals surface area (Å²) in [6.45, 7) is 5.85. The zero-order valence-corrected chi connectivity index (χ0v) is 17.6. The van der Waals surface area contributed by atoms with Gasteiger partial charge in [0.15, 0.2) is 5.78 Å². The van der Waals surface area contributed by atoms with Gasteiger partial charge in [0, 0.05) is 40.7 Å². The molecule has 29 heavy (non-hydrogen) atoms. The molecule has 4 aromatic rings. The van der Waals surface area contributed by atoms with Crippen molar-refractivity contribution in [3.05, 3.63) is 64.9 Å². The van der Waals surface area contributed by atoms with Crippen LogP contribution in [-0.4, -0.2) is 22.9 Å². The largest absolute Gasteiger partial charge is 0.497 e. The zero-order valence-electron chi connectivity index (χ0n) is 16.9. The number of H-pyrrole nitrogens is 2. The third-order valence-electron chi connectivity index (χ3n) is 5.28. The van der Waals surface area contributed by atoms with E-state index in [4.69, 9.17) is 16.3 Å². The minimum Gasteiger partial charge on any atom is -0.497 e.